The summed E-state index contributed by atoms with van der Waals surface area (Å²) in [4.78, 5) is 1.99. The molecule has 0 spiro atoms. The van der Waals surface area contributed by atoms with Crippen LogP contribution < -0.4 is 33.3 Å². The van der Waals surface area contributed by atoms with Crippen LogP contribution in [-0.2, 0) is 0 Å². The lowest BCUT2D eigenvalue weighted by Gasteiger charge is -2.30. The fourth-order valence-corrected chi connectivity index (χ4v) is 3.30. The first-order valence-corrected chi connectivity index (χ1v) is 9.56. The van der Waals surface area contributed by atoms with Crippen molar-refractivity contribution >= 4 is 17.1 Å². The van der Waals surface area contributed by atoms with Gasteiger partial charge in [-0.2, -0.15) is 0 Å². The number of nitrogens with zero attached hydrogens (tertiary/aromatic N) is 1. The Hall–Kier alpha value is -3.74. The van der Waals surface area contributed by atoms with Crippen molar-refractivity contribution < 1.29 is 28.4 Å². The largest absolute Gasteiger partial charge is 0.497 e. The molecule has 3 aromatic rings. The Labute approximate surface area is 182 Å². The highest BCUT2D eigenvalue weighted by Gasteiger charge is 2.24. The zero-order chi connectivity index (χ0) is 22.4. The van der Waals surface area contributed by atoms with E-state index in [1.807, 2.05) is 59.5 Å². The Kier molecular flexibility index (Phi) is 6.97. The van der Waals surface area contributed by atoms with Crippen molar-refractivity contribution in [2.24, 2.45) is 0 Å². The van der Waals surface area contributed by atoms with Gasteiger partial charge < -0.3 is 28.4 Å². The van der Waals surface area contributed by atoms with Gasteiger partial charge in [0.2, 0.25) is 0 Å². The number of rotatable bonds is 9. The van der Waals surface area contributed by atoms with Crippen LogP contribution in [0.1, 0.15) is 0 Å². The van der Waals surface area contributed by atoms with E-state index in [2.05, 4.69) is 0 Å². The number of hydrogen-bond acceptors (Lipinski definition) is 7. The van der Waals surface area contributed by atoms with Crippen molar-refractivity contribution in [3.63, 3.8) is 0 Å². The third-order valence-corrected chi connectivity index (χ3v) is 4.88. The minimum atomic E-state index is 0.620. The van der Waals surface area contributed by atoms with E-state index >= 15 is 0 Å². The van der Waals surface area contributed by atoms with Gasteiger partial charge in [0.1, 0.15) is 34.5 Å². The quantitative estimate of drug-likeness (QED) is 0.466. The maximum atomic E-state index is 5.70. The molecule has 0 N–H and O–H groups in total. The number of anilines is 3. The molecule has 7 heteroatoms. The van der Waals surface area contributed by atoms with Crippen LogP contribution in [0.25, 0.3) is 0 Å². The van der Waals surface area contributed by atoms with Crippen molar-refractivity contribution in [3.05, 3.63) is 54.6 Å². The van der Waals surface area contributed by atoms with Gasteiger partial charge in [-0.3, -0.25) is 4.90 Å². The normalized spacial score (nSPS) is 10.3. The molecule has 0 aliphatic heterocycles. The predicted octanol–water partition coefficient (Wildman–Crippen LogP) is 5.21. The van der Waals surface area contributed by atoms with Crippen LogP contribution in [-0.4, -0.2) is 42.7 Å². The van der Waals surface area contributed by atoms with Gasteiger partial charge in [-0.1, -0.05) is 0 Å². The standard InChI is InChI=1S/C24H27NO6/c1-26-16-7-10-19(22(13-16)29-4)25(20-11-8-17(27-2)14-23(20)30-5)21-12-9-18(28-3)15-24(21)31-6/h7-15H,1-6H3. The molecule has 0 unspecified atom stereocenters. The van der Waals surface area contributed by atoms with Gasteiger partial charge in [0.05, 0.1) is 59.7 Å². The summed E-state index contributed by atoms with van der Waals surface area (Å²) in [5.74, 6) is 3.91. The summed E-state index contributed by atoms with van der Waals surface area (Å²) < 4.78 is 33.2. The van der Waals surface area contributed by atoms with E-state index < -0.39 is 0 Å². The lowest BCUT2D eigenvalue weighted by molar-refractivity contribution is 0.391. The molecule has 0 aromatic heterocycles. The van der Waals surface area contributed by atoms with Gasteiger partial charge in [-0.15, -0.1) is 0 Å². The second kappa shape index (κ2) is 9.84. The van der Waals surface area contributed by atoms with Crippen LogP contribution in [0.5, 0.6) is 34.5 Å². The van der Waals surface area contributed by atoms with Crippen LogP contribution in [0.4, 0.5) is 17.1 Å². The fourth-order valence-electron chi connectivity index (χ4n) is 3.30. The summed E-state index contributed by atoms with van der Waals surface area (Å²) in [7, 11) is 9.70. The summed E-state index contributed by atoms with van der Waals surface area (Å²) in [5.41, 5.74) is 2.32. The van der Waals surface area contributed by atoms with E-state index in [0.29, 0.717) is 34.5 Å². The SMILES string of the molecule is COc1ccc(N(c2ccc(OC)cc2OC)c2ccc(OC)cc2OC)c(OC)c1. The molecule has 0 saturated heterocycles. The van der Waals surface area contributed by atoms with Crippen molar-refractivity contribution in [1.82, 2.24) is 0 Å². The Morgan fingerprint density at radius 1 is 0.419 bits per heavy atom. The lowest BCUT2D eigenvalue weighted by atomic mass is 10.1. The molecule has 0 aliphatic rings. The highest BCUT2D eigenvalue weighted by atomic mass is 16.5. The van der Waals surface area contributed by atoms with Gasteiger partial charge in [0.15, 0.2) is 0 Å². The van der Waals surface area contributed by atoms with E-state index in [0.717, 1.165) is 17.1 Å². The van der Waals surface area contributed by atoms with Crippen molar-refractivity contribution in [2.45, 2.75) is 0 Å². The molecule has 0 amide bonds. The summed E-state index contributed by atoms with van der Waals surface area (Å²) in [6, 6.07) is 16.9. The molecule has 0 heterocycles. The molecule has 3 aromatic carbocycles. The first-order chi connectivity index (χ1) is 15.1. The van der Waals surface area contributed by atoms with Crippen LogP contribution in [0.3, 0.4) is 0 Å². The van der Waals surface area contributed by atoms with E-state index in [1.165, 1.54) is 0 Å². The first-order valence-electron chi connectivity index (χ1n) is 9.56. The van der Waals surface area contributed by atoms with Gasteiger partial charge in [-0.05, 0) is 36.4 Å². The second-order valence-corrected chi connectivity index (χ2v) is 6.45. The van der Waals surface area contributed by atoms with E-state index in [4.69, 9.17) is 28.4 Å². The second-order valence-electron chi connectivity index (χ2n) is 6.45. The van der Waals surface area contributed by atoms with Gasteiger partial charge in [0, 0.05) is 18.2 Å². The summed E-state index contributed by atoms with van der Waals surface area (Å²) in [5, 5.41) is 0. The molecule has 0 saturated carbocycles. The van der Waals surface area contributed by atoms with E-state index in [1.54, 1.807) is 42.7 Å². The molecular weight excluding hydrogens is 398 g/mol. The van der Waals surface area contributed by atoms with Crippen LogP contribution in [0.15, 0.2) is 54.6 Å². The molecule has 0 bridgehead atoms. The molecule has 0 aliphatic carbocycles. The third-order valence-electron chi connectivity index (χ3n) is 4.88. The van der Waals surface area contributed by atoms with E-state index in [-0.39, 0.29) is 0 Å². The van der Waals surface area contributed by atoms with Crippen LogP contribution in [0.2, 0.25) is 0 Å². The molecular formula is C24H27NO6. The van der Waals surface area contributed by atoms with Crippen molar-refractivity contribution in [2.75, 3.05) is 47.6 Å². The maximum absolute atomic E-state index is 5.70. The number of hydrogen-bond donors (Lipinski definition) is 0. The maximum Gasteiger partial charge on any atom is 0.146 e. The molecule has 0 radical (unpaired) electrons. The topological polar surface area (TPSA) is 58.6 Å². The Balaban J connectivity index is 2.31. The lowest BCUT2D eigenvalue weighted by Crippen LogP contribution is -2.14. The summed E-state index contributed by atoms with van der Waals surface area (Å²) in [6.45, 7) is 0. The highest BCUT2D eigenvalue weighted by Crippen LogP contribution is 2.49. The monoisotopic (exact) mass is 425 g/mol. The molecule has 0 fully saturated rings. The number of benzene rings is 3. The fraction of sp³-hybridized carbons (Fsp3) is 0.250. The zero-order valence-electron chi connectivity index (χ0n) is 18.6. The number of methoxy groups -OCH3 is 6. The highest BCUT2D eigenvalue weighted by molar-refractivity contribution is 5.86. The van der Waals surface area contributed by atoms with Crippen LogP contribution >= 0.6 is 0 Å². The first kappa shape index (κ1) is 22.0. The van der Waals surface area contributed by atoms with Gasteiger partial charge in [-0.25, -0.2) is 0 Å². The van der Waals surface area contributed by atoms with Gasteiger partial charge >= 0.3 is 0 Å². The summed E-state index contributed by atoms with van der Waals surface area (Å²) >= 11 is 0. The minimum Gasteiger partial charge on any atom is -0.497 e. The average molecular weight is 425 g/mol. The Morgan fingerprint density at radius 3 is 0.935 bits per heavy atom. The third kappa shape index (κ3) is 4.40. The molecule has 31 heavy (non-hydrogen) atoms. The molecule has 0 atom stereocenters. The predicted molar refractivity (Wildman–Crippen MR) is 120 cm³/mol. The Bertz CT molecular complexity index is 905. The Morgan fingerprint density at radius 2 is 0.710 bits per heavy atom. The molecule has 3 rings (SSSR count). The smallest absolute Gasteiger partial charge is 0.146 e. The van der Waals surface area contributed by atoms with Gasteiger partial charge in [0.25, 0.3) is 0 Å². The average Bonchev–Trinajstić information content (AvgIpc) is 2.84. The molecule has 164 valence electrons. The zero-order valence-corrected chi connectivity index (χ0v) is 18.6. The summed E-state index contributed by atoms with van der Waals surface area (Å²) in [6.07, 6.45) is 0. The minimum absolute atomic E-state index is 0.620. The van der Waals surface area contributed by atoms with Crippen molar-refractivity contribution in [1.29, 1.82) is 0 Å². The molecule has 7 nitrogen and oxygen atoms in total. The number of ether oxygens (including phenoxy) is 6. The van der Waals surface area contributed by atoms with Crippen LogP contribution in [0, 0.1) is 0 Å². The van der Waals surface area contributed by atoms with Crippen molar-refractivity contribution in [3.8, 4) is 34.5 Å². The van der Waals surface area contributed by atoms with E-state index in [9.17, 15) is 0 Å².